The van der Waals surface area contributed by atoms with Crippen molar-refractivity contribution in [3.05, 3.63) is 84.4 Å². The van der Waals surface area contributed by atoms with E-state index in [1.807, 2.05) is 68.7 Å². The lowest BCUT2D eigenvalue weighted by Gasteiger charge is -2.28. The van der Waals surface area contributed by atoms with Gasteiger partial charge in [0.15, 0.2) is 6.54 Å². The van der Waals surface area contributed by atoms with Crippen molar-refractivity contribution >= 4 is 28.7 Å². The molecule has 0 atom stereocenters. The van der Waals surface area contributed by atoms with E-state index >= 15 is 0 Å². The molecule has 3 rings (SSSR count). The molecule has 1 amide bonds. The molecule has 2 N–H and O–H groups in total. The lowest BCUT2D eigenvalue weighted by molar-refractivity contribution is -0.116. The maximum absolute atomic E-state index is 12.5. The summed E-state index contributed by atoms with van der Waals surface area (Å²) in [5.41, 5.74) is 5.13. The number of carbonyl (C=O) groups is 1. The first-order chi connectivity index (χ1) is 12.9. The zero-order valence-electron chi connectivity index (χ0n) is 16.1. The van der Waals surface area contributed by atoms with Gasteiger partial charge in [0.1, 0.15) is 5.69 Å². The molecule has 138 valence electrons. The molecule has 0 aliphatic carbocycles. The number of rotatable bonds is 6. The van der Waals surface area contributed by atoms with Crippen LogP contribution in [0.25, 0.3) is 0 Å². The first-order valence-electron chi connectivity index (χ1n) is 9.05. The van der Waals surface area contributed by atoms with Crippen LogP contribution >= 0.6 is 0 Å². The lowest BCUT2D eigenvalue weighted by Crippen LogP contribution is -2.46. The van der Waals surface area contributed by atoms with Crippen LogP contribution in [0.1, 0.15) is 5.56 Å². The number of likely N-dealkylation sites (N-methyl/N-ethyl adjacent to an activating group) is 1. The third-order valence-electron chi connectivity index (χ3n) is 4.50. The zero-order chi connectivity index (χ0) is 19.3. The van der Waals surface area contributed by atoms with Gasteiger partial charge in [-0.15, -0.1) is 0 Å². The molecule has 0 unspecified atom stereocenters. The number of quaternary nitrogens is 1. The minimum Gasteiger partial charge on any atom is -0.356 e. The normalized spacial score (nSPS) is 11.1. The van der Waals surface area contributed by atoms with Gasteiger partial charge < -0.3 is 10.6 Å². The van der Waals surface area contributed by atoms with Gasteiger partial charge >= 0.3 is 0 Å². The van der Waals surface area contributed by atoms with Crippen LogP contribution in [0.15, 0.2) is 78.9 Å². The molecule has 0 aliphatic rings. The van der Waals surface area contributed by atoms with Crippen LogP contribution < -0.4 is 15.1 Å². The standard InChI is InChI=1S/C23H25N3O/c1-18-9-15-22(16-10-18)26(2,3)17-23(27)25-21-13-11-20(12-14-21)24-19-7-5-4-6-8-19/h4-16,24H,17H2,1-3H3/p+1. The first-order valence-corrected chi connectivity index (χ1v) is 9.05. The fourth-order valence-corrected chi connectivity index (χ4v) is 2.92. The average molecular weight is 360 g/mol. The summed E-state index contributed by atoms with van der Waals surface area (Å²) in [5.74, 6) is -0.00987. The van der Waals surface area contributed by atoms with Crippen molar-refractivity contribution in [1.82, 2.24) is 4.48 Å². The Morgan fingerprint density at radius 1 is 0.778 bits per heavy atom. The molecule has 4 heteroatoms. The molecule has 0 aliphatic heterocycles. The zero-order valence-corrected chi connectivity index (χ0v) is 16.1. The smallest absolute Gasteiger partial charge is 0.280 e. The molecule has 0 spiro atoms. The van der Waals surface area contributed by atoms with Crippen molar-refractivity contribution in [3.63, 3.8) is 0 Å². The third kappa shape index (κ3) is 5.19. The molecular weight excluding hydrogens is 334 g/mol. The number of nitrogens with one attached hydrogen (secondary N) is 2. The van der Waals surface area contributed by atoms with E-state index in [1.165, 1.54) is 5.56 Å². The van der Waals surface area contributed by atoms with E-state index < -0.39 is 0 Å². The van der Waals surface area contributed by atoms with Gasteiger partial charge in [0.25, 0.3) is 5.91 Å². The second-order valence-electron chi connectivity index (χ2n) is 7.30. The van der Waals surface area contributed by atoms with Crippen LogP contribution in [0, 0.1) is 6.92 Å². The minimum atomic E-state index is -0.00987. The number of benzene rings is 3. The highest BCUT2D eigenvalue weighted by molar-refractivity contribution is 5.93. The Balaban J connectivity index is 1.59. The molecule has 0 fully saturated rings. The molecule has 0 radical (unpaired) electrons. The molecule has 0 saturated carbocycles. The van der Waals surface area contributed by atoms with E-state index in [4.69, 9.17) is 0 Å². The molecular formula is C23H26N3O+. The van der Waals surface area contributed by atoms with Crippen molar-refractivity contribution < 1.29 is 4.79 Å². The van der Waals surface area contributed by atoms with E-state index in [2.05, 4.69) is 41.8 Å². The maximum Gasteiger partial charge on any atom is 0.280 e. The second kappa shape index (κ2) is 8.06. The van der Waals surface area contributed by atoms with Gasteiger partial charge in [-0.1, -0.05) is 35.9 Å². The summed E-state index contributed by atoms with van der Waals surface area (Å²) >= 11 is 0. The van der Waals surface area contributed by atoms with Crippen LogP contribution in [0.3, 0.4) is 0 Å². The predicted octanol–water partition coefficient (Wildman–Crippen LogP) is 4.94. The molecule has 0 bridgehead atoms. The summed E-state index contributed by atoms with van der Waals surface area (Å²) in [6.07, 6.45) is 0. The summed E-state index contributed by atoms with van der Waals surface area (Å²) in [6, 6.07) is 26.0. The molecule has 3 aromatic rings. The summed E-state index contributed by atoms with van der Waals surface area (Å²) < 4.78 is 0.500. The minimum absolute atomic E-state index is 0.00987. The van der Waals surface area contributed by atoms with E-state index in [0.29, 0.717) is 11.0 Å². The Morgan fingerprint density at radius 3 is 1.96 bits per heavy atom. The second-order valence-corrected chi connectivity index (χ2v) is 7.30. The van der Waals surface area contributed by atoms with Crippen LogP contribution in [-0.4, -0.2) is 26.5 Å². The fraction of sp³-hybridized carbons (Fsp3) is 0.174. The summed E-state index contributed by atoms with van der Waals surface area (Å²) in [6.45, 7) is 2.43. The molecule has 27 heavy (non-hydrogen) atoms. The van der Waals surface area contributed by atoms with Gasteiger partial charge in [0.2, 0.25) is 0 Å². The fourth-order valence-electron chi connectivity index (χ4n) is 2.92. The van der Waals surface area contributed by atoms with Gasteiger partial charge in [0, 0.05) is 17.1 Å². The summed E-state index contributed by atoms with van der Waals surface area (Å²) in [7, 11) is 4.08. The number of anilines is 3. The summed E-state index contributed by atoms with van der Waals surface area (Å²) in [5, 5.41) is 6.32. The molecule has 4 nitrogen and oxygen atoms in total. The SMILES string of the molecule is Cc1ccc([N+](C)(C)CC(=O)Nc2ccc(Nc3ccccc3)cc2)cc1. The Morgan fingerprint density at radius 2 is 1.33 bits per heavy atom. The number of hydrogen-bond acceptors (Lipinski definition) is 2. The Labute approximate surface area is 161 Å². The number of aryl methyl sites for hydroxylation is 1. The molecule has 0 saturated heterocycles. The number of amides is 1. The first kappa shape index (κ1) is 18.7. The Hall–Kier alpha value is -3.11. The van der Waals surface area contributed by atoms with Gasteiger partial charge in [-0.3, -0.25) is 9.28 Å². The number of hydrogen-bond donors (Lipinski definition) is 2. The van der Waals surface area contributed by atoms with E-state index in [9.17, 15) is 4.79 Å². The van der Waals surface area contributed by atoms with Crippen molar-refractivity contribution in [2.24, 2.45) is 0 Å². The van der Waals surface area contributed by atoms with E-state index in [-0.39, 0.29) is 5.91 Å². The van der Waals surface area contributed by atoms with Crippen LogP contribution in [0.5, 0.6) is 0 Å². The third-order valence-corrected chi connectivity index (χ3v) is 4.50. The van der Waals surface area contributed by atoms with Gasteiger partial charge in [-0.2, -0.15) is 0 Å². The van der Waals surface area contributed by atoms with E-state index in [1.54, 1.807) is 0 Å². The van der Waals surface area contributed by atoms with Gasteiger partial charge in [-0.05, 0) is 55.5 Å². The van der Waals surface area contributed by atoms with Crippen molar-refractivity contribution in [3.8, 4) is 0 Å². The average Bonchev–Trinajstić information content (AvgIpc) is 2.64. The predicted molar refractivity (Wildman–Crippen MR) is 114 cm³/mol. The molecule has 3 aromatic carbocycles. The Kier molecular flexibility index (Phi) is 5.57. The summed E-state index contributed by atoms with van der Waals surface area (Å²) in [4.78, 5) is 12.5. The highest BCUT2D eigenvalue weighted by atomic mass is 16.2. The number of nitrogens with zero attached hydrogens (tertiary/aromatic N) is 1. The molecule has 0 heterocycles. The van der Waals surface area contributed by atoms with Crippen molar-refractivity contribution in [2.45, 2.75) is 6.92 Å². The van der Waals surface area contributed by atoms with Crippen LogP contribution in [-0.2, 0) is 4.79 Å². The number of para-hydroxylation sites is 1. The monoisotopic (exact) mass is 360 g/mol. The van der Waals surface area contributed by atoms with Crippen LogP contribution in [0.4, 0.5) is 22.7 Å². The van der Waals surface area contributed by atoms with Crippen molar-refractivity contribution in [2.75, 3.05) is 31.3 Å². The van der Waals surface area contributed by atoms with Gasteiger partial charge in [-0.25, -0.2) is 0 Å². The highest BCUT2D eigenvalue weighted by Crippen LogP contribution is 2.21. The van der Waals surface area contributed by atoms with E-state index in [0.717, 1.165) is 22.7 Å². The lowest BCUT2D eigenvalue weighted by atomic mass is 10.2. The largest absolute Gasteiger partial charge is 0.356 e. The number of carbonyl (C=O) groups excluding carboxylic acids is 1. The van der Waals surface area contributed by atoms with Crippen molar-refractivity contribution in [1.29, 1.82) is 0 Å². The quantitative estimate of drug-likeness (QED) is 0.611. The maximum atomic E-state index is 12.5. The molecule has 0 aromatic heterocycles. The topological polar surface area (TPSA) is 41.1 Å². The highest BCUT2D eigenvalue weighted by Gasteiger charge is 2.23. The van der Waals surface area contributed by atoms with Crippen LogP contribution in [0.2, 0.25) is 0 Å². The Bertz CT molecular complexity index is 885. The van der Waals surface area contributed by atoms with Gasteiger partial charge in [0.05, 0.1) is 14.1 Å².